The molecule has 1 aromatic heterocycles. The van der Waals surface area contributed by atoms with Crippen molar-refractivity contribution in [1.29, 1.82) is 0 Å². The van der Waals surface area contributed by atoms with E-state index in [1.807, 2.05) is 6.20 Å². The van der Waals surface area contributed by atoms with E-state index in [9.17, 15) is 5.11 Å². The quantitative estimate of drug-likeness (QED) is 0.856. The fraction of sp³-hybridized carbons (Fsp3) is 0.786. The normalized spacial score (nSPS) is 15.9. The maximum Gasteiger partial charge on any atom is 0.111 e. The summed E-state index contributed by atoms with van der Waals surface area (Å²) in [6.45, 7) is 11.9. The van der Waals surface area contributed by atoms with Crippen LogP contribution in [0.25, 0.3) is 0 Å². The molecule has 1 rings (SSSR count). The van der Waals surface area contributed by atoms with E-state index in [4.69, 9.17) is 0 Å². The van der Waals surface area contributed by atoms with Crippen LogP contribution in [0.3, 0.4) is 0 Å². The molecule has 0 bridgehead atoms. The van der Waals surface area contributed by atoms with Crippen molar-refractivity contribution < 1.29 is 5.11 Å². The van der Waals surface area contributed by atoms with Crippen molar-refractivity contribution in [2.24, 2.45) is 11.3 Å². The number of aryl methyl sites for hydroxylation is 1. The van der Waals surface area contributed by atoms with Crippen LogP contribution in [-0.2, 0) is 13.0 Å². The zero-order chi connectivity index (χ0) is 13.1. The first-order chi connectivity index (χ1) is 7.84. The third kappa shape index (κ3) is 4.15. The third-order valence-electron chi connectivity index (χ3n) is 3.66. The highest BCUT2D eigenvalue weighted by Gasteiger charge is 2.23. The summed E-state index contributed by atoms with van der Waals surface area (Å²) in [4.78, 5) is 4.30. The molecule has 98 valence electrons. The SMILES string of the molecule is CCn1ccnc1CC(O)CC(C)C(C)(C)C. The highest BCUT2D eigenvalue weighted by Crippen LogP contribution is 2.29. The van der Waals surface area contributed by atoms with Gasteiger partial charge in [0, 0.05) is 25.4 Å². The van der Waals surface area contributed by atoms with Gasteiger partial charge in [-0.3, -0.25) is 0 Å². The Morgan fingerprint density at radius 2 is 2.06 bits per heavy atom. The van der Waals surface area contributed by atoms with E-state index in [1.165, 1.54) is 0 Å². The highest BCUT2D eigenvalue weighted by atomic mass is 16.3. The van der Waals surface area contributed by atoms with Crippen LogP contribution in [0.1, 0.15) is 46.9 Å². The first-order valence-electron chi connectivity index (χ1n) is 6.52. The molecule has 0 saturated heterocycles. The lowest BCUT2D eigenvalue weighted by Gasteiger charge is -2.29. The van der Waals surface area contributed by atoms with Crippen molar-refractivity contribution in [2.75, 3.05) is 0 Å². The molecule has 1 heterocycles. The molecule has 0 aromatic carbocycles. The van der Waals surface area contributed by atoms with Gasteiger partial charge in [-0.2, -0.15) is 0 Å². The maximum atomic E-state index is 10.1. The Morgan fingerprint density at radius 3 is 2.59 bits per heavy atom. The van der Waals surface area contributed by atoms with Crippen LogP contribution < -0.4 is 0 Å². The van der Waals surface area contributed by atoms with E-state index in [0.717, 1.165) is 18.8 Å². The Labute approximate surface area is 105 Å². The Bertz CT molecular complexity index is 338. The first kappa shape index (κ1) is 14.2. The largest absolute Gasteiger partial charge is 0.393 e. The van der Waals surface area contributed by atoms with Crippen LogP contribution in [0.4, 0.5) is 0 Å². The number of imidazole rings is 1. The second-order valence-electron chi connectivity index (χ2n) is 5.99. The lowest BCUT2D eigenvalue weighted by atomic mass is 9.78. The summed E-state index contributed by atoms with van der Waals surface area (Å²) in [5.41, 5.74) is 0.251. The molecular formula is C14H26N2O. The Hall–Kier alpha value is -0.830. The van der Waals surface area contributed by atoms with Gasteiger partial charge in [0.15, 0.2) is 0 Å². The molecule has 1 N–H and O–H groups in total. The Morgan fingerprint density at radius 1 is 1.41 bits per heavy atom. The molecule has 2 unspecified atom stereocenters. The number of hydrogen-bond acceptors (Lipinski definition) is 2. The van der Waals surface area contributed by atoms with E-state index >= 15 is 0 Å². The minimum atomic E-state index is -0.295. The molecule has 3 nitrogen and oxygen atoms in total. The average Bonchev–Trinajstić information content (AvgIpc) is 2.63. The van der Waals surface area contributed by atoms with Gasteiger partial charge in [0.2, 0.25) is 0 Å². The van der Waals surface area contributed by atoms with Gasteiger partial charge < -0.3 is 9.67 Å². The van der Waals surface area contributed by atoms with Crippen molar-refractivity contribution in [3.05, 3.63) is 18.2 Å². The number of aliphatic hydroxyl groups excluding tert-OH is 1. The van der Waals surface area contributed by atoms with Gasteiger partial charge in [-0.1, -0.05) is 27.7 Å². The van der Waals surface area contributed by atoms with Crippen molar-refractivity contribution in [3.8, 4) is 0 Å². The van der Waals surface area contributed by atoms with Crippen molar-refractivity contribution in [3.63, 3.8) is 0 Å². The third-order valence-corrected chi connectivity index (χ3v) is 3.66. The van der Waals surface area contributed by atoms with Crippen LogP contribution in [0.15, 0.2) is 12.4 Å². The van der Waals surface area contributed by atoms with Gasteiger partial charge >= 0.3 is 0 Å². The molecule has 0 amide bonds. The lowest BCUT2D eigenvalue weighted by Crippen LogP contribution is -2.24. The van der Waals surface area contributed by atoms with Gasteiger partial charge in [0.05, 0.1) is 6.10 Å². The predicted molar refractivity (Wildman–Crippen MR) is 70.8 cm³/mol. The van der Waals surface area contributed by atoms with E-state index in [2.05, 4.69) is 44.2 Å². The van der Waals surface area contributed by atoms with E-state index in [0.29, 0.717) is 12.3 Å². The van der Waals surface area contributed by atoms with Crippen LogP contribution in [-0.4, -0.2) is 20.8 Å². The molecule has 0 aliphatic rings. The molecule has 1 aromatic rings. The summed E-state index contributed by atoms with van der Waals surface area (Å²) < 4.78 is 2.09. The van der Waals surface area contributed by atoms with Gasteiger partial charge in [0.1, 0.15) is 5.82 Å². The minimum Gasteiger partial charge on any atom is -0.393 e. The monoisotopic (exact) mass is 238 g/mol. The zero-order valence-corrected chi connectivity index (χ0v) is 11.8. The summed E-state index contributed by atoms with van der Waals surface area (Å²) >= 11 is 0. The highest BCUT2D eigenvalue weighted by molar-refractivity contribution is 4.94. The summed E-state index contributed by atoms with van der Waals surface area (Å²) in [7, 11) is 0. The van der Waals surface area contributed by atoms with Gasteiger partial charge in [0.25, 0.3) is 0 Å². The molecule has 3 heteroatoms. The lowest BCUT2D eigenvalue weighted by molar-refractivity contribution is 0.108. The fourth-order valence-electron chi connectivity index (χ4n) is 1.87. The number of rotatable bonds is 5. The molecule has 0 saturated carbocycles. The predicted octanol–water partition coefficient (Wildman–Crippen LogP) is 2.88. The molecule has 0 fully saturated rings. The Balaban J connectivity index is 2.53. The summed E-state index contributed by atoms with van der Waals surface area (Å²) in [6, 6.07) is 0. The van der Waals surface area contributed by atoms with Crippen LogP contribution in [0.2, 0.25) is 0 Å². The second-order valence-corrected chi connectivity index (χ2v) is 5.99. The standard InChI is InChI=1S/C14H26N2O/c1-6-16-8-7-15-13(16)10-12(17)9-11(2)14(3,4)5/h7-8,11-12,17H,6,9-10H2,1-5H3. The number of aromatic nitrogens is 2. The first-order valence-corrected chi connectivity index (χ1v) is 6.52. The van der Waals surface area contributed by atoms with E-state index in [-0.39, 0.29) is 11.5 Å². The van der Waals surface area contributed by atoms with Crippen molar-refractivity contribution in [2.45, 2.75) is 60.1 Å². The number of nitrogens with zero attached hydrogens (tertiary/aromatic N) is 2. The molecule has 0 aliphatic carbocycles. The van der Waals surface area contributed by atoms with E-state index in [1.54, 1.807) is 6.20 Å². The van der Waals surface area contributed by atoms with Crippen molar-refractivity contribution in [1.82, 2.24) is 9.55 Å². The molecule has 0 spiro atoms. The van der Waals surface area contributed by atoms with Gasteiger partial charge in [-0.25, -0.2) is 4.98 Å². The summed E-state index contributed by atoms with van der Waals surface area (Å²) in [6.07, 6.45) is 4.96. The summed E-state index contributed by atoms with van der Waals surface area (Å²) in [5, 5.41) is 10.1. The average molecular weight is 238 g/mol. The van der Waals surface area contributed by atoms with Crippen molar-refractivity contribution >= 4 is 0 Å². The maximum absolute atomic E-state index is 10.1. The van der Waals surface area contributed by atoms with Crippen LogP contribution >= 0.6 is 0 Å². The molecular weight excluding hydrogens is 212 g/mol. The van der Waals surface area contributed by atoms with Gasteiger partial charge in [-0.05, 0) is 24.7 Å². The molecule has 0 aliphatic heterocycles. The van der Waals surface area contributed by atoms with Crippen LogP contribution in [0.5, 0.6) is 0 Å². The Kier molecular flexibility index (Phi) is 4.75. The molecule has 2 atom stereocenters. The smallest absolute Gasteiger partial charge is 0.111 e. The number of aliphatic hydroxyl groups is 1. The fourth-order valence-corrected chi connectivity index (χ4v) is 1.87. The number of hydrogen-bond donors (Lipinski definition) is 1. The van der Waals surface area contributed by atoms with E-state index < -0.39 is 0 Å². The summed E-state index contributed by atoms with van der Waals surface area (Å²) in [5.74, 6) is 1.49. The van der Waals surface area contributed by atoms with Crippen LogP contribution in [0, 0.1) is 11.3 Å². The molecule has 0 radical (unpaired) electrons. The molecule has 17 heavy (non-hydrogen) atoms. The second kappa shape index (κ2) is 5.67. The zero-order valence-electron chi connectivity index (χ0n) is 11.8. The topological polar surface area (TPSA) is 38.0 Å². The van der Waals surface area contributed by atoms with Gasteiger partial charge in [-0.15, -0.1) is 0 Å². The minimum absolute atomic E-state index is 0.251.